The van der Waals surface area contributed by atoms with Gasteiger partial charge in [-0.3, -0.25) is 19.2 Å². The van der Waals surface area contributed by atoms with Crippen LogP contribution in [0.3, 0.4) is 0 Å². The van der Waals surface area contributed by atoms with Gasteiger partial charge >= 0.3 is 5.97 Å². The lowest BCUT2D eigenvalue weighted by atomic mass is 9.74. The molecule has 0 radical (unpaired) electrons. The number of ether oxygens (including phenoxy) is 2. The van der Waals surface area contributed by atoms with Crippen LogP contribution >= 0.6 is 0 Å². The first-order valence-corrected chi connectivity index (χ1v) is 16.7. The number of aliphatic hydroxyl groups excluding tert-OH is 1. The zero-order valence-electron chi connectivity index (χ0n) is 27.7. The Labute approximate surface area is 283 Å². The predicted molar refractivity (Wildman–Crippen MR) is 176 cm³/mol. The van der Waals surface area contributed by atoms with E-state index in [0.717, 1.165) is 5.52 Å². The first kappa shape index (κ1) is 32.7. The number of carbonyl (C=O) groups is 4. The number of benzene rings is 2. The van der Waals surface area contributed by atoms with Crippen LogP contribution in [-0.2, 0) is 35.3 Å². The first-order chi connectivity index (χ1) is 23.7. The molecule has 3 aromatic rings. The van der Waals surface area contributed by atoms with Crippen LogP contribution in [0.2, 0.25) is 0 Å². The van der Waals surface area contributed by atoms with Crippen LogP contribution in [0.5, 0.6) is 0 Å². The van der Waals surface area contributed by atoms with Gasteiger partial charge in [0.1, 0.15) is 35.9 Å². The van der Waals surface area contributed by atoms with Crippen molar-refractivity contribution in [1.82, 2.24) is 29.7 Å². The zero-order valence-corrected chi connectivity index (χ0v) is 27.7. The number of allylic oxidation sites excluding steroid dienone is 1. The Bertz CT molecular complexity index is 1830. The molecule has 8 atom stereocenters. The number of likely N-dealkylation sites (tertiary alicyclic amines) is 1. The van der Waals surface area contributed by atoms with Gasteiger partial charge in [0.15, 0.2) is 0 Å². The van der Waals surface area contributed by atoms with Crippen LogP contribution in [-0.4, -0.2) is 109 Å². The number of rotatable bonds is 5. The van der Waals surface area contributed by atoms with Gasteiger partial charge < -0.3 is 29.3 Å². The number of aromatic nitrogens is 3. The number of aliphatic hydroxyl groups is 1. The monoisotopic (exact) mass is 668 g/mol. The normalized spacial score (nSPS) is 31.8. The standard InChI is InChI=1S/C36H40N6O7/c1-22(20-43)42-32-34(46)40(21-41-26-15-10-9-14-25(26)37-38-41)19-11-5-8-16-28(44)39(3)23(2)31(24-12-6-4-7-13-24)48-35(47)29-27-17-18-36(32,49-27)30(29)33(42)45/h4-7,9-15,17-18,22-23,27,29-32,43H,8,16,19-21H2,1-3H3/b11-5-/t22-,23+,27-,29+,30+,31-,32-,36+/m1/s1. The fourth-order valence-electron chi connectivity index (χ4n) is 7.72. The molecule has 0 aliphatic carbocycles. The Morgan fingerprint density at radius 1 is 1.02 bits per heavy atom. The van der Waals surface area contributed by atoms with Gasteiger partial charge in [-0.25, -0.2) is 4.68 Å². The zero-order chi connectivity index (χ0) is 34.4. The molecule has 3 amide bonds. The number of cyclic esters (lactones) is 1. The highest BCUT2D eigenvalue weighted by atomic mass is 16.6. The minimum absolute atomic E-state index is 0.00697. The number of amides is 3. The minimum atomic E-state index is -1.47. The molecule has 7 rings (SSSR count). The van der Waals surface area contributed by atoms with Gasteiger partial charge in [-0.05, 0) is 38.0 Å². The van der Waals surface area contributed by atoms with Gasteiger partial charge in [0, 0.05) is 20.0 Å². The average molecular weight is 669 g/mol. The summed E-state index contributed by atoms with van der Waals surface area (Å²) in [6, 6.07) is 14.1. The fraction of sp³-hybridized carbons (Fsp3) is 0.444. The van der Waals surface area contributed by atoms with Gasteiger partial charge in [-0.1, -0.05) is 72.0 Å². The summed E-state index contributed by atoms with van der Waals surface area (Å²) in [6.45, 7) is 3.24. The van der Waals surface area contributed by atoms with Crippen LogP contribution in [0.1, 0.15) is 38.4 Å². The van der Waals surface area contributed by atoms with Gasteiger partial charge in [-0.15, -0.1) is 5.10 Å². The Morgan fingerprint density at radius 3 is 2.55 bits per heavy atom. The summed E-state index contributed by atoms with van der Waals surface area (Å²) in [5, 5.41) is 18.8. The van der Waals surface area contributed by atoms with Crippen molar-refractivity contribution in [2.75, 3.05) is 20.2 Å². The predicted octanol–water partition coefficient (Wildman–Crippen LogP) is 2.23. The van der Waals surface area contributed by atoms with E-state index < -0.39 is 72.2 Å². The summed E-state index contributed by atoms with van der Waals surface area (Å²) in [5.74, 6) is -3.80. The van der Waals surface area contributed by atoms with E-state index in [4.69, 9.17) is 9.47 Å². The third kappa shape index (κ3) is 5.41. The second-order valence-corrected chi connectivity index (χ2v) is 13.3. The van der Waals surface area contributed by atoms with Crippen molar-refractivity contribution in [3.63, 3.8) is 0 Å². The van der Waals surface area contributed by atoms with Crippen LogP contribution < -0.4 is 0 Å². The lowest BCUT2D eigenvalue weighted by Crippen LogP contribution is -2.58. The molecule has 4 aliphatic rings. The first-order valence-electron chi connectivity index (χ1n) is 16.7. The van der Waals surface area contributed by atoms with Gasteiger partial charge in [-0.2, -0.15) is 0 Å². The quantitative estimate of drug-likeness (QED) is 0.319. The van der Waals surface area contributed by atoms with Crippen LogP contribution in [0.25, 0.3) is 11.0 Å². The number of fused-ring (bicyclic) bond motifs is 3. The molecule has 1 spiro atoms. The molecule has 2 fully saturated rings. The molecular formula is C36H40N6O7. The Balaban J connectivity index is 1.32. The highest BCUT2D eigenvalue weighted by Gasteiger charge is 2.74. The summed E-state index contributed by atoms with van der Waals surface area (Å²) in [5.41, 5.74) is 0.618. The van der Waals surface area contributed by atoms with E-state index in [-0.39, 0.29) is 25.5 Å². The molecule has 13 nitrogen and oxygen atoms in total. The third-order valence-corrected chi connectivity index (χ3v) is 10.4. The Hall–Kier alpha value is -4.88. The third-order valence-electron chi connectivity index (χ3n) is 10.4. The molecule has 0 unspecified atom stereocenters. The molecular weight excluding hydrogens is 628 g/mol. The van der Waals surface area contributed by atoms with E-state index in [1.807, 2.05) is 73.7 Å². The number of hydrogen-bond donors (Lipinski definition) is 1. The van der Waals surface area contributed by atoms with Crippen molar-refractivity contribution < 1.29 is 33.8 Å². The molecule has 5 heterocycles. The van der Waals surface area contributed by atoms with E-state index >= 15 is 0 Å². The van der Waals surface area contributed by atoms with E-state index in [2.05, 4.69) is 10.3 Å². The molecule has 256 valence electrons. The average Bonchev–Trinajstić information content (AvgIpc) is 3.87. The van der Waals surface area contributed by atoms with Gasteiger partial charge in [0.2, 0.25) is 11.8 Å². The highest BCUT2D eigenvalue weighted by Crippen LogP contribution is 2.56. The minimum Gasteiger partial charge on any atom is -0.455 e. The van der Waals surface area contributed by atoms with Gasteiger partial charge in [0.05, 0.1) is 36.2 Å². The number of esters is 1. The molecule has 2 aromatic carbocycles. The molecule has 1 aromatic heterocycles. The summed E-state index contributed by atoms with van der Waals surface area (Å²) in [4.78, 5) is 61.5. The summed E-state index contributed by atoms with van der Waals surface area (Å²) < 4.78 is 14.4. The van der Waals surface area contributed by atoms with E-state index in [0.29, 0.717) is 17.5 Å². The molecule has 1 N–H and O–H groups in total. The van der Waals surface area contributed by atoms with E-state index in [9.17, 15) is 24.3 Å². The maximum atomic E-state index is 14.9. The number of nitrogens with zero attached hydrogens (tertiary/aromatic N) is 6. The van der Waals surface area contributed by atoms with Crippen molar-refractivity contribution in [2.24, 2.45) is 11.8 Å². The van der Waals surface area contributed by atoms with Crippen LogP contribution in [0.15, 0.2) is 78.9 Å². The van der Waals surface area contributed by atoms with Crippen molar-refractivity contribution >= 4 is 34.7 Å². The van der Waals surface area contributed by atoms with Crippen LogP contribution in [0, 0.1) is 11.8 Å². The molecule has 4 aliphatic heterocycles. The Morgan fingerprint density at radius 2 is 1.78 bits per heavy atom. The molecule has 0 saturated carbocycles. The highest BCUT2D eigenvalue weighted by molar-refractivity contribution is 5.99. The van der Waals surface area contributed by atoms with Crippen molar-refractivity contribution in [2.45, 2.75) is 69.3 Å². The molecule has 5 bridgehead atoms. The maximum Gasteiger partial charge on any atom is 0.313 e. The van der Waals surface area contributed by atoms with Crippen molar-refractivity contribution in [1.29, 1.82) is 0 Å². The van der Waals surface area contributed by atoms with Crippen molar-refractivity contribution in [3.05, 3.63) is 84.5 Å². The van der Waals surface area contributed by atoms with E-state index in [1.165, 1.54) is 4.90 Å². The maximum absolute atomic E-state index is 14.9. The number of para-hydroxylation sites is 1. The molecule has 49 heavy (non-hydrogen) atoms. The number of likely N-dealkylation sites (N-methyl/N-ethyl adjacent to an activating group) is 1. The molecule has 2 saturated heterocycles. The summed E-state index contributed by atoms with van der Waals surface area (Å²) >= 11 is 0. The SMILES string of the molecule is C[C@H](CO)N1C(=O)[C@@H]2[C@H]3C(=O)O[C@@H](c4ccccc4)[C@H](C)N(C)C(=O)CC/C=C\CN(Cn4nnc5ccccc54)C(=O)[C@@H]1[C@]21C=C[C@H]3O1. The van der Waals surface area contributed by atoms with Crippen molar-refractivity contribution in [3.8, 4) is 0 Å². The van der Waals surface area contributed by atoms with Crippen LogP contribution in [0.4, 0.5) is 0 Å². The Kier molecular flexibility index (Phi) is 8.57. The lowest BCUT2D eigenvalue weighted by molar-refractivity contribution is -0.164. The van der Waals surface area contributed by atoms with Gasteiger partial charge in [0.25, 0.3) is 5.91 Å². The lowest BCUT2D eigenvalue weighted by Gasteiger charge is -2.37. The molecule has 13 heteroatoms. The topological polar surface area (TPSA) is 147 Å². The number of hydrogen-bond acceptors (Lipinski definition) is 9. The summed E-state index contributed by atoms with van der Waals surface area (Å²) in [7, 11) is 1.69. The fourth-order valence-corrected chi connectivity index (χ4v) is 7.72. The smallest absolute Gasteiger partial charge is 0.313 e. The second-order valence-electron chi connectivity index (χ2n) is 13.3. The number of carbonyl (C=O) groups excluding carboxylic acids is 4. The second kappa shape index (κ2) is 12.9. The summed E-state index contributed by atoms with van der Waals surface area (Å²) in [6.07, 6.45) is 6.12. The largest absolute Gasteiger partial charge is 0.455 e. The van der Waals surface area contributed by atoms with E-state index in [1.54, 1.807) is 40.6 Å².